The van der Waals surface area contributed by atoms with E-state index in [1.54, 1.807) is 9.79 Å². The van der Waals surface area contributed by atoms with Crippen molar-refractivity contribution in [3.05, 3.63) is 16.7 Å². The van der Waals surface area contributed by atoms with Crippen molar-refractivity contribution in [3.63, 3.8) is 0 Å². The Morgan fingerprint density at radius 1 is 1.89 bits per heavy atom. The highest BCUT2D eigenvalue weighted by Gasteiger charge is 1.96. The van der Waals surface area contributed by atoms with Crippen LogP contribution in [0.4, 0.5) is 0 Å². The van der Waals surface area contributed by atoms with E-state index >= 15 is 0 Å². The molecule has 0 aliphatic carbocycles. The molecule has 1 aromatic rings. The minimum absolute atomic E-state index is 0.0155. The Morgan fingerprint density at radius 2 is 2.56 bits per heavy atom. The smallest absolute Gasteiger partial charge is 0.187 e. The molecule has 1 heterocycles. The van der Waals surface area contributed by atoms with Gasteiger partial charge in [-0.15, -0.1) is 0 Å². The summed E-state index contributed by atoms with van der Waals surface area (Å²) in [6.07, 6.45) is 1.65. The van der Waals surface area contributed by atoms with Crippen LogP contribution in [-0.4, -0.2) is 13.7 Å². The first-order valence-electron chi connectivity index (χ1n) is 2.32. The fraction of sp³-hybridized carbons (Fsp3) is 0.250. The van der Waals surface area contributed by atoms with Gasteiger partial charge in [-0.05, 0) is 12.2 Å². The molecule has 9 heavy (non-hydrogen) atoms. The minimum atomic E-state index is -0.0155. The number of hydrogen-bond acceptors (Lipinski definition) is 2. The summed E-state index contributed by atoms with van der Waals surface area (Å²) in [5.74, 6) is 0. The lowest BCUT2D eigenvalue weighted by atomic mass is 10.5. The molecule has 0 saturated carbocycles. The van der Waals surface area contributed by atoms with E-state index in [2.05, 4.69) is 21.1 Å². The molecule has 0 unspecified atom stereocenters. The third kappa shape index (κ3) is 1.23. The van der Waals surface area contributed by atoms with Crippen LogP contribution < -0.4 is 0 Å². The maximum Gasteiger partial charge on any atom is 0.187 e. The average molecular weight is 209 g/mol. The van der Waals surface area contributed by atoms with Gasteiger partial charge >= 0.3 is 0 Å². The Hall–Kier alpha value is -0.130. The summed E-state index contributed by atoms with van der Waals surface area (Å²) in [5.41, 5.74) is 0.722. The second-order valence-corrected chi connectivity index (χ2v) is 2.62. The molecule has 1 rings (SSSR count). The zero-order valence-corrected chi connectivity index (χ0v) is 6.87. The highest BCUT2D eigenvalue weighted by molar-refractivity contribution is 9.08. The number of nitrogens with one attached hydrogen (secondary N) is 1. The first-order chi connectivity index (χ1) is 4.25. The van der Waals surface area contributed by atoms with Gasteiger partial charge in [0, 0.05) is 6.20 Å². The van der Waals surface area contributed by atoms with Crippen LogP contribution in [0, 0.1) is 4.77 Å². The summed E-state index contributed by atoms with van der Waals surface area (Å²) in [7, 11) is 0. The van der Waals surface area contributed by atoms with Crippen LogP contribution >= 0.6 is 28.4 Å². The topological polar surface area (TPSA) is 40.9 Å². The molecular formula is C4H5BrN2OS. The summed E-state index contributed by atoms with van der Waals surface area (Å²) in [5, 5.41) is 8.61. The molecule has 1 aromatic heterocycles. The van der Waals surface area contributed by atoms with Gasteiger partial charge in [0.15, 0.2) is 4.77 Å². The Bertz CT molecular complexity index is 253. The highest BCUT2D eigenvalue weighted by Crippen LogP contribution is 2.03. The molecule has 0 aliphatic rings. The number of H-pyrrole nitrogens is 1. The monoisotopic (exact) mass is 208 g/mol. The quantitative estimate of drug-likeness (QED) is 0.682. The van der Waals surface area contributed by atoms with Crippen molar-refractivity contribution in [3.8, 4) is 0 Å². The number of rotatable bonds is 1. The van der Waals surface area contributed by atoms with Gasteiger partial charge in [0.2, 0.25) is 0 Å². The highest BCUT2D eigenvalue weighted by atomic mass is 79.9. The van der Waals surface area contributed by atoms with Crippen LogP contribution in [0.25, 0.3) is 0 Å². The summed E-state index contributed by atoms with van der Waals surface area (Å²) >= 11 is 7.92. The third-order valence-corrected chi connectivity index (χ3v) is 2.30. The molecule has 5 heteroatoms. The maximum atomic E-state index is 8.61. The minimum Gasteiger partial charge on any atom is -0.390 e. The number of imidazole rings is 1. The van der Waals surface area contributed by atoms with Crippen LogP contribution in [0.3, 0.4) is 0 Å². The standard InChI is InChI=1S/C4H5BrN2OS/c5-7-3(2-8)1-6-4(7)9/h1,8H,2H2,(H,6,9). The maximum absolute atomic E-state index is 8.61. The van der Waals surface area contributed by atoms with Crippen molar-refractivity contribution in [2.24, 2.45) is 0 Å². The first kappa shape index (κ1) is 6.98. The van der Waals surface area contributed by atoms with E-state index in [9.17, 15) is 0 Å². The van der Waals surface area contributed by atoms with E-state index in [0.29, 0.717) is 4.77 Å². The molecule has 3 nitrogen and oxygen atoms in total. The van der Waals surface area contributed by atoms with Crippen LogP contribution in [0.5, 0.6) is 0 Å². The second-order valence-electron chi connectivity index (χ2n) is 1.52. The number of aliphatic hydroxyl groups is 1. The van der Waals surface area contributed by atoms with Crippen molar-refractivity contribution in [1.29, 1.82) is 0 Å². The van der Waals surface area contributed by atoms with Crippen molar-refractivity contribution in [1.82, 2.24) is 8.58 Å². The van der Waals surface area contributed by atoms with Gasteiger partial charge < -0.3 is 10.1 Å². The second kappa shape index (κ2) is 2.64. The fourth-order valence-electron chi connectivity index (χ4n) is 0.497. The summed E-state index contributed by atoms with van der Waals surface area (Å²) < 4.78 is 2.10. The van der Waals surface area contributed by atoms with E-state index in [-0.39, 0.29) is 6.61 Å². The molecule has 0 saturated heterocycles. The van der Waals surface area contributed by atoms with Gasteiger partial charge in [-0.2, -0.15) is 0 Å². The normalized spacial score (nSPS) is 10.0. The van der Waals surface area contributed by atoms with Gasteiger partial charge in [0.25, 0.3) is 0 Å². The SMILES string of the molecule is OCc1c[nH]c(=S)n1Br. The molecule has 50 valence electrons. The average Bonchev–Trinajstić information content (AvgIpc) is 2.15. The van der Waals surface area contributed by atoms with Crippen LogP contribution in [0.15, 0.2) is 6.20 Å². The molecule has 0 bridgehead atoms. The molecule has 0 aromatic carbocycles. The Morgan fingerprint density at radius 3 is 2.78 bits per heavy atom. The molecule has 2 N–H and O–H groups in total. The molecule has 0 fully saturated rings. The summed E-state index contributed by atoms with van der Waals surface area (Å²) in [6, 6.07) is 0. The van der Waals surface area contributed by atoms with E-state index in [1.165, 1.54) is 0 Å². The molecule has 0 atom stereocenters. The lowest BCUT2D eigenvalue weighted by molar-refractivity contribution is 0.276. The number of hydrogen-bond donors (Lipinski definition) is 2. The van der Waals surface area contributed by atoms with E-state index < -0.39 is 0 Å². The van der Waals surface area contributed by atoms with E-state index in [0.717, 1.165) is 5.69 Å². The lowest BCUT2D eigenvalue weighted by Gasteiger charge is -1.90. The zero-order valence-electron chi connectivity index (χ0n) is 4.47. The van der Waals surface area contributed by atoms with E-state index in [4.69, 9.17) is 17.3 Å². The molecule has 0 radical (unpaired) electrons. The Balaban J connectivity index is 3.20. The molecular weight excluding hydrogens is 204 g/mol. The number of aliphatic hydroxyl groups excluding tert-OH is 1. The van der Waals surface area contributed by atoms with Gasteiger partial charge in [0.1, 0.15) is 0 Å². The van der Waals surface area contributed by atoms with Gasteiger partial charge in [-0.1, -0.05) is 0 Å². The van der Waals surface area contributed by atoms with Crippen molar-refractivity contribution >= 4 is 28.4 Å². The van der Waals surface area contributed by atoms with Crippen molar-refractivity contribution < 1.29 is 5.11 Å². The van der Waals surface area contributed by atoms with E-state index in [1.807, 2.05) is 0 Å². The predicted octanol–water partition coefficient (Wildman–Crippen LogP) is 1.20. The number of aromatic amines is 1. The van der Waals surface area contributed by atoms with Crippen LogP contribution in [0.1, 0.15) is 5.69 Å². The predicted molar refractivity (Wildman–Crippen MR) is 39.9 cm³/mol. The van der Waals surface area contributed by atoms with Gasteiger partial charge in [-0.25, -0.2) is 0 Å². The molecule has 0 amide bonds. The van der Waals surface area contributed by atoms with Crippen LogP contribution in [-0.2, 0) is 6.61 Å². The molecule has 0 spiro atoms. The first-order valence-corrected chi connectivity index (χ1v) is 3.44. The number of aromatic nitrogens is 2. The number of halogens is 1. The third-order valence-electron chi connectivity index (χ3n) is 0.955. The number of nitrogens with zero attached hydrogens (tertiary/aromatic N) is 1. The zero-order chi connectivity index (χ0) is 6.85. The Labute approximate surface area is 65.7 Å². The Kier molecular flexibility index (Phi) is 2.05. The van der Waals surface area contributed by atoms with Crippen molar-refractivity contribution in [2.45, 2.75) is 6.61 Å². The largest absolute Gasteiger partial charge is 0.390 e. The molecule has 0 aliphatic heterocycles. The van der Waals surface area contributed by atoms with Gasteiger partial charge in [-0.3, -0.25) is 3.59 Å². The summed E-state index contributed by atoms with van der Waals surface area (Å²) in [6.45, 7) is -0.0155. The van der Waals surface area contributed by atoms with Crippen LogP contribution in [0.2, 0.25) is 0 Å². The lowest BCUT2D eigenvalue weighted by Crippen LogP contribution is -1.87. The van der Waals surface area contributed by atoms with Crippen molar-refractivity contribution in [2.75, 3.05) is 0 Å². The summed E-state index contributed by atoms with van der Waals surface area (Å²) in [4.78, 5) is 2.76. The fourth-order valence-corrected chi connectivity index (χ4v) is 0.990. The van der Waals surface area contributed by atoms with Gasteiger partial charge in [0.05, 0.1) is 28.4 Å².